The number of nitriles is 1. The van der Waals surface area contributed by atoms with Crippen LogP contribution in [0.4, 0.5) is 0 Å². The maximum Gasteiger partial charge on any atom is 0.227 e. The van der Waals surface area contributed by atoms with Gasteiger partial charge < -0.3 is 10.0 Å². The van der Waals surface area contributed by atoms with Gasteiger partial charge in [-0.3, -0.25) is 4.79 Å². The van der Waals surface area contributed by atoms with Gasteiger partial charge >= 0.3 is 0 Å². The Morgan fingerprint density at radius 1 is 1.35 bits per heavy atom. The first-order valence-electron chi connectivity index (χ1n) is 7.20. The van der Waals surface area contributed by atoms with Crippen molar-refractivity contribution in [1.29, 1.82) is 5.26 Å². The lowest BCUT2D eigenvalue weighted by atomic mass is 9.83. The highest BCUT2D eigenvalue weighted by Crippen LogP contribution is 2.30. The fourth-order valence-electron chi connectivity index (χ4n) is 3.35. The van der Waals surface area contributed by atoms with E-state index < -0.39 is 0 Å². The van der Waals surface area contributed by atoms with Crippen molar-refractivity contribution in [3.8, 4) is 11.8 Å². The molecular weight excluding hydrogens is 252 g/mol. The SMILES string of the molecule is N#CC1CCCN1C(=O)[C@H]1CCc2cc(O)ccc2C1. The van der Waals surface area contributed by atoms with Gasteiger partial charge in [0.25, 0.3) is 0 Å². The molecule has 3 rings (SSSR count). The number of benzene rings is 1. The van der Waals surface area contributed by atoms with Crippen LogP contribution in [-0.2, 0) is 17.6 Å². The number of carbonyl (C=O) groups is 1. The summed E-state index contributed by atoms with van der Waals surface area (Å²) >= 11 is 0. The Kier molecular flexibility index (Phi) is 3.35. The number of amides is 1. The quantitative estimate of drug-likeness (QED) is 0.849. The Morgan fingerprint density at radius 3 is 3.00 bits per heavy atom. The van der Waals surface area contributed by atoms with Crippen LogP contribution in [0.15, 0.2) is 18.2 Å². The lowest BCUT2D eigenvalue weighted by Crippen LogP contribution is -2.40. The molecule has 1 aliphatic carbocycles. The van der Waals surface area contributed by atoms with Gasteiger partial charge in [0.15, 0.2) is 0 Å². The Labute approximate surface area is 118 Å². The van der Waals surface area contributed by atoms with Gasteiger partial charge in [-0.1, -0.05) is 6.07 Å². The van der Waals surface area contributed by atoms with E-state index in [4.69, 9.17) is 5.26 Å². The van der Waals surface area contributed by atoms with Crippen LogP contribution in [0.5, 0.6) is 5.75 Å². The second kappa shape index (κ2) is 5.16. The molecule has 2 aliphatic rings. The second-order valence-corrected chi connectivity index (χ2v) is 5.71. The first-order chi connectivity index (χ1) is 9.69. The van der Waals surface area contributed by atoms with E-state index in [1.54, 1.807) is 17.0 Å². The average Bonchev–Trinajstić information content (AvgIpc) is 2.94. The van der Waals surface area contributed by atoms with E-state index >= 15 is 0 Å². The van der Waals surface area contributed by atoms with Gasteiger partial charge in [-0.05, 0) is 55.4 Å². The van der Waals surface area contributed by atoms with Crippen molar-refractivity contribution < 1.29 is 9.90 Å². The summed E-state index contributed by atoms with van der Waals surface area (Å²) in [5, 5.41) is 18.6. The third-order valence-electron chi connectivity index (χ3n) is 4.45. The summed E-state index contributed by atoms with van der Waals surface area (Å²) in [5.41, 5.74) is 2.30. The Hall–Kier alpha value is -2.02. The molecule has 1 amide bonds. The number of phenols is 1. The molecule has 0 bridgehead atoms. The van der Waals surface area contributed by atoms with Crippen LogP contribution in [0.1, 0.15) is 30.4 Å². The second-order valence-electron chi connectivity index (χ2n) is 5.71. The van der Waals surface area contributed by atoms with E-state index in [1.165, 1.54) is 0 Å². The molecule has 0 saturated carbocycles. The summed E-state index contributed by atoms with van der Waals surface area (Å²) in [6.45, 7) is 0.718. The molecule has 1 N–H and O–H groups in total. The maximum absolute atomic E-state index is 12.6. The maximum atomic E-state index is 12.6. The molecule has 4 heteroatoms. The molecule has 2 atom stereocenters. The minimum Gasteiger partial charge on any atom is -0.508 e. The molecule has 1 aromatic carbocycles. The summed E-state index contributed by atoms with van der Waals surface area (Å²) in [7, 11) is 0. The summed E-state index contributed by atoms with van der Waals surface area (Å²) in [6.07, 6.45) is 4.10. The van der Waals surface area contributed by atoms with E-state index in [0.29, 0.717) is 0 Å². The van der Waals surface area contributed by atoms with Gasteiger partial charge in [-0.25, -0.2) is 0 Å². The van der Waals surface area contributed by atoms with E-state index in [9.17, 15) is 9.90 Å². The van der Waals surface area contributed by atoms with E-state index in [2.05, 4.69) is 6.07 Å². The van der Waals surface area contributed by atoms with Gasteiger partial charge in [0.2, 0.25) is 5.91 Å². The van der Waals surface area contributed by atoms with Gasteiger partial charge in [0.1, 0.15) is 11.8 Å². The smallest absolute Gasteiger partial charge is 0.227 e. The normalized spacial score (nSPS) is 25.1. The van der Waals surface area contributed by atoms with Crippen LogP contribution in [0.2, 0.25) is 0 Å². The molecule has 1 saturated heterocycles. The monoisotopic (exact) mass is 270 g/mol. The Bertz CT molecular complexity index is 576. The molecule has 0 radical (unpaired) electrons. The zero-order valence-electron chi connectivity index (χ0n) is 11.4. The van der Waals surface area contributed by atoms with Crippen LogP contribution in [-0.4, -0.2) is 28.5 Å². The zero-order chi connectivity index (χ0) is 14.1. The number of aromatic hydroxyl groups is 1. The molecule has 0 spiro atoms. The summed E-state index contributed by atoms with van der Waals surface area (Å²) in [6, 6.07) is 7.39. The molecule has 1 heterocycles. The van der Waals surface area contributed by atoms with Crippen molar-refractivity contribution in [3.05, 3.63) is 29.3 Å². The number of fused-ring (bicyclic) bond motifs is 1. The minimum absolute atomic E-state index is 0.0130. The average molecular weight is 270 g/mol. The summed E-state index contributed by atoms with van der Waals surface area (Å²) in [5.74, 6) is 0.409. The van der Waals surface area contributed by atoms with E-state index in [0.717, 1.165) is 49.8 Å². The van der Waals surface area contributed by atoms with E-state index in [1.807, 2.05) is 6.07 Å². The highest BCUT2D eigenvalue weighted by molar-refractivity contribution is 5.80. The molecule has 1 aromatic rings. The summed E-state index contributed by atoms with van der Waals surface area (Å²) in [4.78, 5) is 14.3. The molecule has 1 unspecified atom stereocenters. The molecule has 20 heavy (non-hydrogen) atoms. The van der Waals surface area contributed by atoms with Crippen molar-refractivity contribution in [1.82, 2.24) is 4.90 Å². The summed E-state index contributed by atoms with van der Waals surface area (Å²) < 4.78 is 0. The minimum atomic E-state index is -0.233. The number of nitrogens with zero attached hydrogens (tertiary/aromatic N) is 2. The Morgan fingerprint density at radius 2 is 2.20 bits per heavy atom. The topological polar surface area (TPSA) is 64.3 Å². The third kappa shape index (κ3) is 2.24. The van der Waals surface area contributed by atoms with Crippen LogP contribution in [0.3, 0.4) is 0 Å². The van der Waals surface area contributed by atoms with Gasteiger partial charge in [-0.15, -0.1) is 0 Å². The first-order valence-corrected chi connectivity index (χ1v) is 7.20. The van der Waals surface area contributed by atoms with Gasteiger partial charge in [0, 0.05) is 12.5 Å². The molecule has 4 nitrogen and oxygen atoms in total. The standard InChI is InChI=1S/C16H18N2O2/c17-10-14-2-1-7-18(14)16(20)13-4-3-12-9-15(19)6-5-11(12)8-13/h5-6,9,13-14,19H,1-4,7-8H2/t13-,14?/m0/s1. The predicted molar refractivity (Wildman–Crippen MR) is 74.0 cm³/mol. The molecule has 1 aliphatic heterocycles. The van der Waals surface area contributed by atoms with Crippen LogP contribution < -0.4 is 0 Å². The fourth-order valence-corrected chi connectivity index (χ4v) is 3.35. The zero-order valence-corrected chi connectivity index (χ0v) is 11.4. The number of hydrogen-bond acceptors (Lipinski definition) is 3. The number of aryl methyl sites for hydroxylation is 1. The van der Waals surface area contributed by atoms with Crippen LogP contribution in [0, 0.1) is 17.2 Å². The number of carbonyl (C=O) groups excluding carboxylic acids is 1. The van der Waals surface area contributed by atoms with Crippen molar-refractivity contribution >= 4 is 5.91 Å². The third-order valence-corrected chi connectivity index (χ3v) is 4.45. The van der Waals surface area contributed by atoms with Crippen molar-refractivity contribution in [2.24, 2.45) is 5.92 Å². The van der Waals surface area contributed by atoms with Crippen molar-refractivity contribution in [3.63, 3.8) is 0 Å². The number of hydrogen-bond donors (Lipinski definition) is 1. The molecule has 0 aromatic heterocycles. The largest absolute Gasteiger partial charge is 0.508 e. The van der Waals surface area contributed by atoms with Crippen LogP contribution in [0.25, 0.3) is 0 Å². The van der Waals surface area contributed by atoms with Crippen molar-refractivity contribution in [2.45, 2.75) is 38.1 Å². The first kappa shape index (κ1) is 13.0. The molecule has 1 fully saturated rings. The van der Waals surface area contributed by atoms with Gasteiger partial charge in [0.05, 0.1) is 6.07 Å². The number of likely N-dealkylation sites (tertiary alicyclic amines) is 1. The lowest BCUT2D eigenvalue weighted by molar-refractivity contribution is -0.135. The van der Waals surface area contributed by atoms with Gasteiger partial charge in [-0.2, -0.15) is 5.26 Å². The van der Waals surface area contributed by atoms with Crippen LogP contribution >= 0.6 is 0 Å². The molecule has 104 valence electrons. The fraction of sp³-hybridized carbons (Fsp3) is 0.500. The highest BCUT2D eigenvalue weighted by atomic mass is 16.3. The number of rotatable bonds is 1. The molecular formula is C16H18N2O2. The Balaban J connectivity index is 1.75. The number of phenolic OH excluding ortho intramolecular Hbond substituents is 1. The predicted octanol–water partition coefficient (Wildman–Crippen LogP) is 2.01. The highest BCUT2D eigenvalue weighted by Gasteiger charge is 2.34. The van der Waals surface area contributed by atoms with E-state index in [-0.39, 0.29) is 23.6 Å². The lowest BCUT2D eigenvalue weighted by Gasteiger charge is -2.29. The van der Waals surface area contributed by atoms with Crippen molar-refractivity contribution in [2.75, 3.05) is 6.54 Å².